The molecule has 1 heterocycles. The second-order valence-corrected chi connectivity index (χ2v) is 5.70. The van der Waals surface area contributed by atoms with E-state index in [1.54, 1.807) is 18.1 Å². The van der Waals surface area contributed by atoms with Crippen molar-refractivity contribution in [1.29, 1.82) is 0 Å². The Morgan fingerprint density at radius 1 is 1.24 bits per heavy atom. The van der Waals surface area contributed by atoms with E-state index in [2.05, 4.69) is 4.98 Å². The van der Waals surface area contributed by atoms with Gasteiger partial charge in [0.25, 0.3) is 5.69 Å². The van der Waals surface area contributed by atoms with Crippen molar-refractivity contribution in [3.05, 3.63) is 88.2 Å². The van der Waals surface area contributed by atoms with Crippen molar-refractivity contribution in [1.82, 2.24) is 9.55 Å². The van der Waals surface area contributed by atoms with Crippen LogP contribution in [0.1, 0.15) is 11.4 Å². The predicted molar refractivity (Wildman–Crippen MR) is 92.9 cm³/mol. The molecule has 1 aromatic heterocycles. The standard InChI is InChI=1S/C18H17FN4O2/c1-21(16-8-7-15(19)11-17(16)23(24)25)13-18-20-9-10-22(18)12-14-5-3-2-4-6-14/h2-11H,12-13H2,1H3. The van der Waals surface area contributed by atoms with Crippen molar-refractivity contribution >= 4 is 11.4 Å². The van der Waals surface area contributed by atoms with Crippen LogP contribution in [0.15, 0.2) is 60.9 Å². The lowest BCUT2D eigenvalue weighted by molar-refractivity contribution is -0.384. The van der Waals surface area contributed by atoms with E-state index in [0.29, 0.717) is 18.8 Å². The Bertz CT molecular complexity index is 880. The number of anilines is 1. The Morgan fingerprint density at radius 2 is 2.00 bits per heavy atom. The smallest absolute Gasteiger partial charge is 0.295 e. The Labute approximate surface area is 144 Å². The van der Waals surface area contributed by atoms with Crippen LogP contribution in [0.3, 0.4) is 0 Å². The molecule has 3 aromatic rings. The maximum atomic E-state index is 13.3. The van der Waals surface area contributed by atoms with Gasteiger partial charge in [-0.2, -0.15) is 0 Å². The number of nitro benzene ring substituents is 1. The van der Waals surface area contributed by atoms with Gasteiger partial charge in [-0.25, -0.2) is 9.37 Å². The number of imidazole rings is 1. The van der Waals surface area contributed by atoms with Crippen LogP contribution in [-0.2, 0) is 13.1 Å². The first kappa shape index (κ1) is 16.6. The maximum Gasteiger partial charge on any atom is 0.295 e. The van der Waals surface area contributed by atoms with Crippen LogP contribution >= 0.6 is 0 Å². The number of hydrogen-bond donors (Lipinski definition) is 0. The number of benzene rings is 2. The summed E-state index contributed by atoms with van der Waals surface area (Å²) in [7, 11) is 1.72. The second-order valence-electron chi connectivity index (χ2n) is 5.70. The fraction of sp³-hybridized carbons (Fsp3) is 0.167. The van der Waals surface area contributed by atoms with E-state index in [9.17, 15) is 14.5 Å². The minimum Gasteiger partial charge on any atom is -0.362 e. The minimum absolute atomic E-state index is 0.260. The SMILES string of the molecule is CN(Cc1nccn1Cc1ccccc1)c1ccc(F)cc1[N+](=O)[O-]. The topological polar surface area (TPSA) is 64.2 Å². The number of halogens is 1. The lowest BCUT2D eigenvalue weighted by Gasteiger charge is -2.19. The van der Waals surface area contributed by atoms with Crippen molar-refractivity contribution in [3.8, 4) is 0 Å². The lowest BCUT2D eigenvalue weighted by Crippen LogP contribution is -2.21. The van der Waals surface area contributed by atoms with E-state index in [1.165, 1.54) is 12.1 Å². The van der Waals surface area contributed by atoms with Crippen molar-refractivity contribution in [3.63, 3.8) is 0 Å². The zero-order chi connectivity index (χ0) is 17.8. The Morgan fingerprint density at radius 3 is 2.72 bits per heavy atom. The van der Waals surface area contributed by atoms with Gasteiger partial charge in [-0.3, -0.25) is 10.1 Å². The number of nitro groups is 1. The van der Waals surface area contributed by atoms with E-state index in [1.807, 2.05) is 41.1 Å². The number of nitrogens with zero attached hydrogens (tertiary/aromatic N) is 4. The molecule has 0 saturated carbocycles. The van der Waals surface area contributed by atoms with Gasteiger partial charge in [0.05, 0.1) is 17.5 Å². The van der Waals surface area contributed by atoms with Gasteiger partial charge in [0.1, 0.15) is 17.3 Å². The molecule has 7 heteroatoms. The summed E-state index contributed by atoms with van der Waals surface area (Å²) in [5.41, 5.74) is 1.22. The largest absolute Gasteiger partial charge is 0.362 e. The maximum absolute atomic E-state index is 13.3. The molecule has 6 nitrogen and oxygen atoms in total. The predicted octanol–water partition coefficient (Wildman–Crippen LogP) is 3.62. The molecule has 0 unspecified atom stereocenters. The van der Waals surface area contributed by atoms with Crippen LogP contribution in [0.5, 0.6) is 0 Å². The summed E-state index contributed by atoms with van der Waals surface area (Å²) in [6.45, 7) is 1.03. The van der Waals surface area contributed by atoms with Gasteiger partial charge in [-0.15, -0.1) is 0 Å². The molecule has 0 N–H and O–H groups in total. The summed E-state index contributed by atoms with van der Waals surface area (Å²) in [5.74, 6) is 0.138. The molecular weight excluding hydrogens is 323 g/mol. The first-order valence-electron chi connectivity index (χ1n) is 7.73. The molecule has 0 spiro atoms. The average Bonchev–Trinajstić information content (AvgIpc) is 3.02. The van der Waals surface area contributed by atoms with Gasteiger partial charge >= 0.3 is 0 Å². The van der Waals surface area contributed by atoms with E-state index in [0.717, 1.165) is 17.5 Å². The fourth-order valence-corrected chi connectivity index (χ4v) is 2.68. The van der Waals surface area contributed by atoms with E-state index in [-0.39, 0.29) is 5.69 Å². The summed E-state index contributed by atoms with van der Waals surface area (Å²) in [5, 5.41) is 11.2. The first-order valence-corrected chi connectivity index (χ1v) is 7.73. The van der Waals surface area contributed by atoms with Gasteiger partial charge in [0.15, 0.2) is 0 Å². The molecule has 0 atom stereocenters. The van der Waals surface area contributed by atoms with Crippen molar-refractivity contribution < 1.29 is 9.31 Å². The van der Waals surface area contributed by atoms with Crippen molar-refractivity contribution in [2.24, 2.45) is 0 Å². The van der Waals surface area contributed by atoms with E-state index in [4.69, 9.17) is 0 Å². The zero-order valence-corrected chi connectivity index (χ0v) is 13.7. The molecule has 3 rings (SSSR count). The van der Waals surface area contributed by atoms with Crippen molar-refractivity contribution in [2.45, 2.75) is 13.1 Å². The highest BCUT2D eigenvalue weighted by Gasteiger charge is 2.19. The monoisotopic (exact) mass is 340 g/mol. The quantitative estimate of drug-likeness (QED) is 0.508. The van der Waals surface area contributed by atoms with Crippen LogP contribution in [0.2, 0.25) is 0 Å². The molecule has 0 amide bonds. The van der Waals surface area contributed by atoms with Gasteiger partial charge in [-0.05, 0) is 17.7 Å². The Kier molecular flexibility index (Phi) is 4.74. The van der Waals surface area contributed by atoms with E-state index >= 15 is 0 Å². The third-order valence-corrected chi connectivity index (χ3v) is 3.92. The van der Waals surface area contributed by atoms with Gasteiger partial charge < -0.3 is 9.47 Å². The van der Waals surface area contributed by atoms with Crippen LogP contribution in [0, 0.1) is 15.9 Å². The molecule has 0 fully saturated rings. The third-order valence-electron chi connectivity index (χ3n) is 3.92. The highest BCUT2D eigenvalue weighted by atomic mass is 19.1. The van der Waals surface area contributed by atoms with Crippen LogP contribution in [-0.4, -0.2) is 21.5 Å². The molecule has 0 saturated heterocycles. The molecule has 0 aliphatic carbocycles. The van der Waals surface area contributed by atoms with Crippen molar-refractivity contribution in [2.75, 3.05) is 11.9 Å². The minimum atomic E-state index is -0.630. The molecule has 0 bridgehead atoms. The molecular formula is C18H17FN4O2. The summed E-state index contributed by atoms with van der Waals surface area (Å²) in [6.07, 6.45) is 3.57. The second kappa shape index (κ2) is 7.12. The Hall–Kier alpha value is -3.22. The summed E-state index contributed by atoms with van der Waals surface area (Å²) >= 11 is 0. The number of hydrogen-bond acceptors (Lipinski definition) is 4. The lowest BCUT2D eigenvalue weighted by atomic mass is 10.2. The van der Waals surface area contributed by atoms with Crippen LogP contribution < -0.4 is 4.90 Å². The average molecular weight is 340 g/mol. The van der Waals surface area contributed by atoms with Gasteiger partial charge in [0, 0.05) is 26.0 Å². The van der Waals surface area contributed by atoms with Crippen LogP contribution in [0.25, 0.3) is 0 Å². The van der Waals surface area contributed by atoms with E-state index < -0.39 is 10.7 Å². The zero-order valence-electron chi connectivity index (χ0n) is 13.7. The first-order chi connectivity index (χ1) is 12.0. The molecule has 25 heavy (non-hydrogen) atoms. The van der Waals surface area contributed by atoms with Gasteiger partial charge in [-0.1, -0.05) is 30.3 Å². The fourth-order valence-electron chi connectivity index (χ4n) is 2.68. The summed E-state index contributed by atoms with van der Waals surface area (Å²) in [6, 6.07) is 13.5. The molecule has 2 aromatic carbocycles. The molecule has 0 radical (unpaired) electrons. The molecule has 0 aliphatic heterocycles. The Balaban J connectivity index is 1.82. The number of aromatic nitrogens is 2. The summed E-state index contributed by atoms with van der Waals surface area (Å²) in [4.78, 5) is 16.6. The molecule has 128 valence electrons. The molecule has 0 aliphatic rings. The number of rotatable bonds is 6. The highest BCUT2D eigenvalue weighted by Crippen LogP contribution is 2.28. The summed E-state index contributed by atoms with van der Waals surface area (Å²) < 4.78 is 15.3. The van der Waals surface area contributed by atoms with Gasteiger partial charge in [0.2, 0.25) is 0 Å². The normalized spacial score (nSPS) is 10.6. The third kappa shape index (κ3) is 3.82. The highest BCUT2D eigenvalue weighted by molar-refractivity contribution is 5.62. The van der Waals surface area contributed by atoms with Crippen LogP contribution in [0.4, 0.5) is 15.8 Å².